The van der Waals surface area contributed by atoms with Gasteiger partial charge in [-0.3, -0.25) is 19.1 Å². The van der Waals surface area contributed by atoms with Crippen LogP contribution in [0.25, 0.3) is 5.69 Å². The van der Waals surface area contributed by atoms with Crippen LogP contribution in [0, 0.1) is 11.6 Å². The molecule has 1 aromatic carbocycles. The van der Waals surface area contributed by atoms with E-state index in [2.05, 4.69) is 15.3 Å². The van der Waals surface area contributed by atoms with E-state index in [1.807, 2.05) is 0 Å². The molecule has 0 aliphatic heterocycles. The van der Waals surface area contributed by atoms with E-state index in [9.17, 15) is 18.4 Å². The molecule has 3 rings (SSSR count). The van der Waals surface area contributed by atoms with Crippen LogP contribution < -0.4 is 10.9 Å². The number of halogens is 2. The molecule has 0 aliphatic rings. The van der Waals surface area contributed by atoms with E-state index in [0.29, 0.717) is 5.56 Å². The summed E-state index contributed by atoms with van der Waals surface area (Å²) in [7, 11) is 0. The van der Waals surface area contributed by atoms with E-state index < -0.39 is 23.1 Å². The van der Waals surface area contributed by atoms with Crippen LogP contribution in [0.3, 0.4) is 0 Å². The summed E-state index contributed by atoms with van der Waals surface area (Å²) in [4.78, 5) is 32.1. The Morgan fingerprint density at radius 1 is 1.04 bits per heavy atom. The summed E-state index contributed by atoms with van der Waals surface area (Å²) in [5.41, 5.74) is -0.263. The number of hydrogen-bond acceptors (Lipinski definition) is 4. The number of hydrogen-bond donors (Lipinski definition) is 1. The lowest BCUT2D eigenvalue weighted by Crippen LogP contribution is -2.26. The van der Waals surface area contributed by atoms with Gasteiger partial charge in [0.1, 0.15) is 0 Å². The highest BCUT2D eigenvalue weighted by molar-refractivity contribution is 6.03. The van der Waals surface area contributed by atoms with Gasteiger partial charge < -0.3 is 5.32 Å². The number of carbonyl (C=O) groups is 1. The first-order chi connectivity index (χ1) is 11.6. The van der Waals surface area contributed by atoms with Crippen molar-refractivity contribution < 1.29 is 13.6 Å². The molecular weight excluding hydrogens is 318 g/mol. The number of pyridine rings is 1. The minimum absolute atomic E-state index is 0.112. The Kier molecular flexibility index (Phi) is 4.11. The molecule has 0 fully saturated rings. The Morgan fingerprint density at radius 2 is 1.79 bits per heavy atom. The van der Waals surface area contributed by atoms with Crippen molar-refractivity contribution in [2.24, 2.45) is 0 Å². The van der Waals surface area contributed by atoms with Gasteiger partial charge in [0.25, 0.3) is 11.5 Å². The molecule has 120 valence electrons. The van der Waals surface area contributed by atoms with E-state index in [1.54, 1.807) is 0 Å². The standard InChI is InChI=1S/C16H10F2N4O2/c17-12-2-1-11(9-13(12)18)22-8-7-20-14(16(22)24)21-15(23)10-3-5-19-6-4-10/h1-9H,(H,20,21,23). The normalized spacial score (nSPS) is 10.4. The molecule has 2 heterocycles. The molecule has 3 aromatic rings. The molecule has 0 aliphatic carbocycles. The van der Waals surface area contributed by atoms with E-state index in [-0.39, 0.29) is 11.5 Å². The average Bonchev–Trinajstić information content (AvgIpc) is 2.60. The summed E-state index contributed by atoms with van der Waals surface area (Å²) < 4.78 is 27.4. The fourth-order valence-electron chi connectivity index (χ4n) is 2.02. The van der Waals surface area contributed by atoms with Gasteiger partial charge in [-0.25, -0.2) is 13.8 Å². The molecule has 0 unspecified atom stereocenters. The minimum Gasteiger partial charge on any atom is -0.302 e. The smallest absolute Gasteiger partial charge is 0.298 e. The van der Waals surface area contributed by atoms with Crippen LogP contribution in [0.4, 0.5) is 14.6 Å². The second kappa shape index (κ2) is 6.37. The van der Waals surface area contributed by atoms with Crippen LogP contribution in [0.1, 0.15) is 10.4 Å². The van der Waals surface area contributed by atoms with Crippen molar-refractivity contribution in [3.63, 3.8) is 0 Å². The molecule has 8 heteroatoms. The average molecular weight is 328 g/mol. The van der Waals surface area contributed by atoms with Gasteiger partial charge in [-0.1, -0.05) is 0 Å². The number of benzene rings is 1. The predicted molar refractivity (Wildman–Crippen MR) is 81.9 cm³/mol. The van der Waals surface area contributed by atoms with Crippen molar-refractivity contribution in [2.75, 3.05) is 5.32 Å². The highest BCUT2D eigenvalue weighted by atomic mass is 19.2. The lowest BCUT2D eigenvalue weighted by atomic mass is 10.2. The first-order valence-corrected chi connectivity index (χ1v) is 6.81. The van der Waals surface area contributed by atoms with Gasteiger partial charge in [0, 0.05) is 36.4 Å². The fourth-order valence-corrected chi connectivity index (χ4v) is 2.02. The third-order valence-electron chi connectivity index (χ3n) is 3.20. The quantitative estimate of drug-likeness (QED) is 0.799. The van der Waals surface area contributed by atoms with Gasteiger partial charge in [-0.15, -0.1) is 0 Å². The van der Waals surface area contributed by atoms with Gasteiger partial charge >= 0.3 is 0 Å². The highest BCUT2D eigenvalue weighted by Gasteiger charge is 2.12. The molecule has 0 spiro atoms. The second-order valence-electron chi connectivity index (χ2n) is 4.74. The molecule has 2 aromatic heterocycles. The molecule has 0 radical (unpaired) electrons. The maximum Gasteiger partial charge on any atom is 0.298 e. The summed E-state index contributed by atoms with van der Waals surface area (Å²) >= 11 is 0. The first kappa shape index (κ1) is 15.5. The van der Waals surface area contributed by atoms with Gasteiger partial charge in [-0.05, 0) is 24.3 Å². The number of carbonyl (C=O) groups excluding carboxylic acids is 1. The van der Waals surface area contributed by atoms with Crippen LogP contribution in [-0.2, 0) is 0 Å². The van der Waals surface area contributed by atoms with Crippen LogP contribution in [0.5, 0.6) is 0 Å². The zero-order valence-corrected chi connectivity index (χ0v) is 12.1. The Morgan fingerprint density at radius 3 is 2.50 bits per heavy atom. The van der Waals surface area contributed by atoms with Crippen molar-refractivity contribution in [1.82, 2.24) is 14.5 Å². The third-order valence-corrected chi connectivity index (χ3v) is 3.20. The van der Waals surface area contributed by atoms with E-state index in [1.165, 1.54) is 43.0 Å². The molecule has 1 N–H and O–H groups in total. The van der Waals surface area contributed by atoms with Crippen LogP contribution in [0.15, 0.2) is 59.9 Å². The zero-order valence-electron chi connectivity index (χ0n) is 12.1. The van der Waals surface area contributed by atoms with E-state index in [0.717, 1.165) is 16.7 Å². The van der Waals surface area contributed by atoms with Crippen LogP contribution >= 0.6 is 0 Å². The van der Waals surface area contributed by atoms with Gasteiger partial charge in [0.2, 0.25) is 0 Å². The molecule has 0 bridgehead atoms. The molecular formula is C16H10F2N4O2. The van der Waals surface area contributed by atoms with Crippen LogP contribution in [0.2, 0.25) is 0 Å². The molecule has 1 amide bonds. The lowest BCUT2D eigenvalue weighted by molar-refractivity contribution is 0.102. The SMILES string of the molecule is O=C(Nc1nccn(-c2ccc(F)c(F)c2)c1=O)c1ccncc1. The first-order valence-electron chi connectivity index (χ1n) is 6.81. The Hall–Kier alpha value is -3.42. The van der Waals surface area contributed by atoms with E-state index in [4.69, 9.17) is 0 Å². The number of nitrogens with one attached hydrogen (secondary N) is 1. The Balaban J connectivity index is 1.95. The second-order valence-corrected chi connectivity index (χ2v) is 4.74. The monoisotopic (exact) mass is 328 g/mol. The van der Waals surface area contributed by atoms with Gasteiger partial charge in [0.05, 0.1) is 5.69 Å². The van der Waals surface area contributed by atoms with Gasteiger partial charge in [-0.2, -0.15) is 0 Å². The Labute approximate surface area is 134 Å². The maximum absolute atomic E-state index is 13.3. The topological polar surface area (TPSA) is 76.9 Å². The summed E-state index contributed by atoms with van der Waals surface area (Å²) in [5, 5.41) is 2.38. The molecule has 24 heavy (non-hydrogen) atoms. The third kappa shape index (κ3) is 3.02. The number of anilines is 1. The summed E-state index contributed by atoms with van der Waals surface area (Å²) in [6.45, 7) is 0. The predicted octanol–water partition coefficient (Wildman–Crippen LogP) is 2.16. The molecule has 6 nitrogen and oxygen atoms in total. The summed E-state index contributed by atoms with van der Waals surface area (Å²) in [5.74, 6) is -2.88. The van der Waals surface area contributed by atoms with E-state index >= 15 is 0 Å². The number of aromatic nitrogens is 3. The largest absolute Gasteiger partial charge is 0.302 e. The summed E-state index contributed by atoms with van der Waals surface area (Å²) in [6.07, 6.45) is 5.43. The van der Waals surface area contributed by atoms with Crippen molar-refractivity contribution in [2.45, 2.75) is 0 Å². The van der Waals surface area contributed by atoms with Gasteiger partial charge in [0.15, 0.2) is 17.5 Å². The number of rotatable bonds is 3. The molecule has 0 atom stereocenters. The lowest BCUT2D eigenvalue weighted by Gasteiger charge is -2.09. The number of nitrogens with zero attached hydrogens (tertiary/aromatic N) is 3. The van der Waals surface area contributed by atoms with Crippen molar-refractivity contribution >= 4 is 11.7 Å². The Bertz CT molecular complexity index is 958. The highest BCUT2D eigenvalue weighted by Crippen LogP contribution is 2.12. The minimum atomic E-state index is -1.08. The molecule has 0 saturated heterocycles. The maximum atomic E-state index is 13.3. The van der Waals surface area contributed by atoms with Crippen molar-refractivity contribution in [3.8, 4) is 5.69 Å². The van der Waals surface area contributed by atoms with Crippen LogP contribution in [-0.4, -0.2) is 20.4 Å². The zero-order chi connectivity index (χ0) is 17.1. The number of amides is 1. The molecule has 0 saturated carbocycles. The van der Waals surface area contributed by atoms with Crippen molar-refractivity contribution in [3.05, 3.63) is 82.7 Å². The fraction of sp³-hybridized carbons (Fsp3) is 0. The van der Waals surface area contributed by atoms with Crippen molar-refractivity contribution in [1.29, 1.82) is 0 Å². The summed E-state index contributed by atoms with van der Waals surface area (Å²) in [6, 6.07) is 5.99.